The molecule has 2 atom stereocenters. The molecule has 0 aliphatic heterocycles. The molecule has 1 aromatic carbocycles. The van der Waals surface area contributed by atoms with Crippen LogP contribution in [0.5, 0.6) is 0 Å². The minimum atomic E-state index is -0.375. The fourth-order valence-electron chi connectivity index (χ4n) is 3.02. The topological polar surface area (TPSA) is 12.0 Å². The molecule has 106 valence electrons. The number of rotatable bonds is 3. The molecule has 0 amide bonds. The molecule has 0 heterocycles. The zero-order valence-electron chi connectivity index (χ0n) is 11.7. The molecule has 0 aromatic heterocycles. The van der Waals surface area contributed by atoms with Gasteiger partial charge in [-0.3, -0.25) is 0 Å². The summed E-state index contributed by atoms with van der Waals surface area (Å²) in [6.07, 6.45) is 3.34. The van der Waals surface area contributed by atoms with E-state index in [0.29, 0.717) is 10.9 Å². The summed E-state index contributed by atoms with van der Waals surface area (Å²) in [5.74, 6) is -0.704. The van der Waals surface area contributed by atoms with E-state index in [1.54, 1.807) is 0 Å². The van der Waals surface area contributed by atoms with Gasteiger partial charge >= 0.3 is 0 Å². The highest BCUT2D eigenvalue weighted by Crippen LogP contribution is 2.43. The van der Waals surface area contributed by atoms with Crippen molar-refractivity contribution in [3.05, 3.63) is 29.8 Å². The third kappa shape index (κ3) is 3.29. The molecule has 1 nitrogen and oxygen atoms in total. The molecule has 1 aliphatic rings. The summed E-state index contributed by atoms with van der Waals surface area (Å²) >= 11 is 1.46. The summed E-state index contributed by atoms with van der Waals surface area (Å²) in [5.41, 5.74) is 0.189. The van der Waals surface area contributed by atoms with Crippen molar-refractivity contribution in [3.63, 3.8) is 0 Å². The van der Waals surface area contributed by atoms with Gasteiger partial charge in [0.05, 0.1) is 0 Å². The summed E-state index contributed by atoms with van der Waals surface area (Å²) in [7, 11) is 1.95. The third-order valence-electron chi connectivity index (χ3n) is 4.01. The molecule has 2 rings (SSSR count). The Balaban J connectivity index is 2.19. The van der Waals surface area contributed by atoms with Crippen molar-refractivity contribution in [1.82, 2.24) is 5.32 Å². The van der Waals surface area contributed by atoms with Gasteiger partial charge in [-0.05, 0) is 43.5 Å². The molecule has 0 bridgehead atoms. The van der Waals surface area contributed by atoms with Gasteiger partial charge in [0.1, 0.15) is 11.6 Å². The number of benzene rings is 1. The Hall–Kier alpha value is -0.610. The van der Waals surface area contributed by atoms with Crippen molar-refractivity contribution in [3.8, 4) is 0 Å². The van der Waals surface area contributed by atoms with Gasteiger partial charge in [0.2, 0.25) is 0 Å². The SMILES string of the molecule is CNC1C(Sc2cc(F)ccc2F)CCCC1(C)C. The fraction of sp³-hybridized carbons (Fsp3) is 0.600. The van der Waals surface area contributed by atoms with Gasteiger partial charge in [-0.2, -0.15) is 0 Å². The lowest BCUT2D eigenvalue weighted by molar-refractivity contribution is 0.182. The van der Waals surface area contributed by atoms with Crippen LogP contribution in [-0.4, -0.2) is 18.3 Å². The molecule has 0 radical (unpaired) electrons. The van der Waals surface area contributed by atoms with Crippen LogP contribution in [0.15, 0.2) is 23.1 Å². The van der Waals surface area contributed by atoms with Crippen molar-refractivity contribution in [2.75, 3.05) is 7.05 Å². The highest BCUT2D eigenvalue weighted by Gasteiger charge is 2.38. The molecular formula is C15H21F2NS. The summed E-state index contributed by atoms with van der Waals surface area (Å²) in [6.45, 7) is 4.48. The Morgan fingerprint density at radius 3 is 2.74 bits per heavy atom. The molecule has 2 unspecified atom stereocenters. The number of thioether (sulfide) groups is 1. The Morgan fingerprint density at radius 2 is 2.05 bits per heavy atom. The predicted octanol–water partition coefficient (Wildman–Crippen LogP) is 4.22. The first-order valence-electron chi connectivity index (χ1n) is 6.73. The maximum Gasteiger partial charge on any atom is 0.136 e. The number of hydrogen-bond acceptors (Lipinski definition) is 2. The zero-order chi connectivity index (χ0) is 14.0. The molecule has 1 aliphatic carbocycles. The lowest BCUT2D eigenvalue weighted by Crippen LogP contribution is -2.49. The van der Waals surface area contributed by atoms with Crippen LogP contribution in [0.1, 0.15) is 33.1 Å². The number of halogens is 2. The van der Waals surface area contributed by atoms with E-state index in [0.717, 1.165) is 12.8 Å². The average molecular weight is 285 g/mol. The zero-order valence-corrected chi connectivity index (χ0v) is 12.5. The normalized spacial score (nSPS) is 26.4. The third-order valence-corrected chi connectivity index (χ3v) is 5.38. The van der Waals surface area contributed by atoms with Gasteiger partial charge in [0.25, 0.3) is 0 Å². The van der Waals surface area contributed by atoms with Crippen molar-refractivity contribution < 1.29 is 8.78 Å². The second-order valence-corrected chi connectivity index (χ2v) is 7.16. The monoisotopic (exact) mass is 285 g/mol. The highest BCUT2D eigenvalue weighted by atomic mass is 32.2. The maximum absolute atomic E-state index is 13.7. The largest absolute Gasteiger partial charge is 0.315 e. The van der Waals surface area contributed by atoms with E-state index in [2.05, 4.69) is 19.2 Å². The van der Waals surface area contributed by atoms with Crippen LogP contribution in [-0.2, 0) is 0 Å². The quantitative estimate of drug-likeness (QED) is 0.892. The van der Waals surface area contributed by atoms with Crippen LogP contribution in [0, 0.1) is 17.0 Å². The molecule has 1 aromatic rings. The second-order valence-electron chi connectivity index (χ2n) is 5.88. The first-order chi connectivity index (χ1) is 8.94. The average Bonchev–Trinajstić information content (AvgIpc) is 2.33. The van der Waals surface area contributed by atoms with Crippen molar-refractivity contribution >= 4 is 11.8 Å². The Labute approximate surface area is 118 Å². The number of nitrogens with one attached hydrogen (secondary N) is 1. The van der Waals surface area contributed by atoms with E-state index in [1.807, 2.05) is 7.05 Å². The molecule has 0 spiro atoms. The van der Waals surface area contributed by atoms with Crippen LogP contribution in [0.2, 0.25) is 0 Å². The van der Waals surface area contributed by atoms with Crippen LogP contribution in [0.4, 0.5) is 8.78 Å². The number of hydrogen-bond donors (Lipinski definition) is 1. The Kier molecular flexibility index (Phi) is 4.51. The van der Waals surface area contributed by atoms with Crippen LogP contribution < -0.4 is 5.32 Å². The van der Waals surface area contributed by atoms with Gasteiger partial charge in [-0.15, -0.1) is 11.8 Å². The van der Waals surface area contributed by atoms with E-state index in [1.165, 1.54) is 36.4 Å². The summed E-state index contributed by atoms with van der Waals surface area (Å²) in [4.78, 5) is 0.419. The molecule has 19 heavy (non-hydrogen) atoms. The fourth-order valence-corrected chi connectivity index (χ4v) is 4.63. The second kappa shape index (κ2) is 5.80. The lowest BCUT2D eigenvalue weighted by atomic mass is 9.73. The standard InChI is InChI=1S/C15H21F2NS/c1-15(2)8-4-5-12(14(15)18-3)19-13-9-10(16)6-7-11(13)17/h6-7,9,12,14,18H,4-5,8H2,1-3H3. The van der Waals surface area contributed by atoms with E-state index in [9.17, 15) is 8.78 Å². The van der Waals surface area contributed by atoms with E-state index >= 15 is 0 Å². The maximum atomic E-state index is 13.7. The highest BCUT2D eigenvalue weighted by molar-refractivity contribution is 8.00. The first-order valence-corrected chi connectivity index (χ1v) is 7.61. The lowest BCUT2D eigenvalue weighted by Gasteiger charge is -2.43. The summed E-state index contributed by atoms with van der Waals surface area (Å²) in [5, 5.41) is 3.64. The van der Waals surface area contributed by atoms with E-state index in [4.69, 9.17) is 0 Å². The van der Waals surface area contributed by atoms with Crippen molar-refractivity contribution in [2.45, 2.75) is 49.3 Å². The summed E-state index contributed by atoms with van der Waals surface area (Å²) in [6, 6.07) is 3.99. The van der Waals surface area contributed by atoms with Gasteiger partial charge in [0.15, 0.2) is 0 Å². The van der Waals surface area contributed by atoms with Crippen molar-refractivity contribution in [2.24, 2.45) is 5.41 Å². The molecule has 1 N–H and O–H groups in total. The van der Waals surface area contributed by atoms with Crippen LogP contribution in [0.25, 0.3) is 0 Å². The first kappa shape index (κ1) is 14.8. The van der Waals surface area contributed by atoms with Crippen LogP contribution >= 0.6 is 11.8 Å². The van der Waals surface area contributed by atoms with E-state index in [-0.39, 0.29) is 22.3 Å². The summed E-state index contributed by atoms with van der Waals surface area (Å²) < 4.78 is 27.0. The Morgan fingerprint density at radius 1 is 1.32 bits per heavy atom. The molecule has 0 saturated heterocycles. The molecule has 4 heteroatoms. The molecule has 1 fully saturated rings. The van der Waals surface area contributed by atoms with Gasteiger partial charge < -0.3 is 5.32 Å². The van der Waals surface area contributed by atoms with Gasteiger partial charge in [-0.25, -0.2) is 8.78 Å². The minimum Gasteiger partial charge on any atom is -0.315 e. The minimum absolute atomic E-state index is 0.189. The van der Waals surface area contributed by atoms with Crippen LogP contribution in [0.3, 0.4) is 0 Å². The van der Waals surface area contributed by atoms with Gasteiger partial charge in [-0.1, -0.05) is 20.3 Å². The van der Waals surface area contributed by atoms with Crippen molar-refractivity contribution in [1.29, 1.82) is 0 Å². The predicted molar refractivity (Wildman–Crippen MR) is 76.5 cm³/mol. The van der Waals surface area contributed by atoms with E-state index < -0.39 is 0 Å². The molecule has 1 saturated carbocycles. The van der Waals surface area contributed by atoms with Gasteiger partial charge in [0, 0.05) is 16.2 Å². The Bertz CT molecular complexity index is 448. The molecular weight excluding hydrogens is 264 g/mol. The smallest absolute Gasteiger partial charge is 0.136 e.